The topological polar surface area (TPSA) is 41.6 Å². The lowest BCUT2D eigenvalue weighted by Gasteiger charge is -2.38. The zero-order chi connectivity index (χ0) is 16.2. The summed E-state index contributed by atoms with van der Waals surface area (Å²) in [6.07, 6.45) is 3.93. The summed E-state index contributed by atoms with van der Waals surface area (Å²) in [5.74, 6) is 0.263. The molecule has 2 atom stereocenters. The third kappa shape index (κ3) is 4.29. The quantitative estimate of drug-likeness (QED) is 0.908. The van der Waals surface area contributed by atoms with Gasteiger partial charge < -0.3 is 15.0 Å². The van der Waals surface area contributed by atoms with E-state index in [0.29, 0.717) is 13.0 Å². The van der Waals surface area contributed by atoms with Gasteiger partial charge in [-0.3, -0.25) is 4.79 Å². The van der Waals surface area contributed by atoms with E-state index >= 15 is 0 Å². The number of ether oxygens (including phenoxy) is 1. The molecular weight excluding hydrogens is 324 g/mol. The molecule has 2 heterocycles. The van der Waals surface area contributed by atoms with Crippen LogP contribution >= 0.6 is 12.4 Å². The highest BCUT2D eigenvalue weighted by atomic mass is 35.5. The van der Waals surface area contributed by atoms with Crippen LogP contribution in [0.15, 0.2) is 18.2 Å². The second kappa shape index (κ2) is 8.84. The maximum atomic E-state index is 12.9. The van der Waals surface area contributed by atoms with E-state index in [4.69, 9.17) is 4.74 Å². The molecular formula is C19H29ClN2O2. The second-order valence-electron chi connectivity index (χ2n) is 6.82. The van der Waals surface area contributed by atoms with Crippen LogP contribution in [0.4, 0.5) is 0 Å². The molecule has 0 radical (unpaired) electrons. The van der Waals surface area contributed by atoms with E-state index in [1.54, 1.807) is 0 Å². The van der Waals surface area contributed by atoms with E-state index in [0.717, 1.165) is 32.5 Å². The van der Waals surface area contributed by atoms with Crippen LogP contribution in [0.3, 0.4) is 0 Å². The van der Waals surface area contributed by atoms with Crippen molar-refractivity contribution >= 4 is 18.3 Å². The number of amides is 1. The van der Waals surface area contributed by atoms with Crippen LogP contribution in [0.1, 0.15) is 48.4 Å². The number of piperidine rings is 1. The Kier molecular flexibility index (Phi) is 7.08. The molecule has 0 saturated carbocycles. The summed E-state index contributed by atoms with van der Waals surface area (Å²) >= 11 is 0. The molecule has 134 valence electrons. The minimum atomic E-state index is 0. The average molecular weight is 353 g/mol. The molecule has 0 aromatic heterocycles. The molecule has 0 bridgehead atoms. The first-order valence-electron chi connectivity index (χ1n) is 8.83. The zero-order valence-electron chi connectivity index (χ0n) is 14.7. The van der Waals surface area contributed by atoms with E-state index in [2.05, 4.69) is 42.3 Å². The van der Waals surface area contributed by atoms with Crippen molar-refractivity contribution in [1.82, 2.24) is 10.2 Å². The number of likely N-dealkylation sites (tertiary alicyclic amines) is 1. The Labute approximate surface area is 151 Å². The molecule has 1 amide bonds. The number of hydrogen-bond donors (Lipinski definition) is 1. The molecule has 2 fully saturated rings. The van der Waals surface area contributed by atoms with Crippen LogP contribution in [-0.2, 0) is 9.53 Å². The van der Waals surface area contributed by atoms with E-state index in [1.165, 1.54) is 23.1 Å². The molecule has 5 heteroatoms. The van der Waals surface area contributed by atoms with Crippen molar-refractivity contribution in [3.63, 3.8) is 0 Å². The van der Waals surface area contributed by atoms with Gasteiger partial charge in [0.15, 0.2) is 0 Å². The number of aryl methyl sites for hydroxylation is 1. The van der Waals surface area contributed by atoms with Crippen LogP contribution in [0.5, 0.6) is 0 Å². The van der Waals surface area contributed by atoms with E-state index in [1.807, 2.05) is 0 Å². The average Bonchev–Trinajstić information content (AvgIpc) is 2.58. The Morgan fingerprint density at radius 1 is 1.33 bits per heavy atom. The Bertz CT molecular complexity index is 558. The highest BCUT2D eigenvalue weighted by Gasteiger charge is 2.30. The fraction of sp³-hybridized carbons (Fsp3) is 0.632. The molecule has 1 aromatic carbocycles. The van der Waals surface area contributed by atoms with Gasteiger partial charge in [-0.1, -0.05) is 18.2 Å². The first kappa shape index (κ1) is 19.2. The predicted octanol–water partition coefficient (Wildman–Crippen LogP) is 3.16. The van der Waals surface area contributed by atoms with Crippen LogP contribution in [0.25, 0.3) is 0 Å². The highest BCUT2D eigenvalue weighted by Crippen LogP contribution is 2.34. The minimum Gasteiger partial charge on any atom is -0.378 e. The molecule has 2 aliphatic rings. The molecule has 2 aliphatic heterocycles. The van der Waals surface area contributed by atoms with Crippen molar-refractivity contribution in [2.45, 2.75) is 51.6 Å². The van der Waals surface area contributed by atoms with Gasteiger partial charge in [0.25, 0.3) is 0 Å². The summed E-state index contributed by atoms with van der Waals surface area (Å²) < 4.78 is 5.48. The van der Waals surface area contributed by atoms with Gasteiger partial charge in [-0.15, -0.1) is 12.4 Å². The van der Waals surface area contributed by atoms with E-state index in [9.17, 15) is 4.79 Å². The van der Waals surface area contributed by atoms with Crippen LogP contribution in [0.2, 0.25) is 0 Å². The fourth-order valence-electron chi connectivity index (χ4n) is 3.77. The van der Waals surface area contributed by atoms with E-state index in [-0.39, 0.29) is 30.4 Å². The van der Waals surface area contributed by atoms with Gasteiger partial charge in [0, 0.05) is 25.6 Å². The summed E-state index contributed by atoms with van der Waals surface area (Å²) in [7, 11) is 0. The second-order valence-corrected chi connectivity index (χ2v) is 6.82. The van der Waals surface area contributed by atoms with Crippen molar-refractivity contribution in [3.8, 4) is 0 Å². The Morgan fingerprint density at radius 3 is 2.92 bits per heavy atom. The minimum absolute atomic E-state index is 0. The monoisotopic (exact) mass is 352 g/mol. The molecule has 2 unspecified atom stereocenters. The van der Waals surface area contributed by atoms with Gasteiger partial charge >= 0.3 is 0 Å². The number of hydrogen-bond acceptors (Lipinski definition) is 3. The first-order chi connectivity index (χ1) is 11.2. The number of nitrogens with one attached hydrogen (secondary N) is 1. The third-order valence-corrected chi connectivity index (χ3v) is 5.25. The molecule has 0 aliphatic carbocycles. The zero-order valence-corrected chi connectivity index (χ0v) is 15.5. The largest absolute Gasteiger partial charge is 0.378 e. The molecule has 1 N–H and O–H groups in total. The number of benzene rings is 1. The van der Waals surface area contributed by atoms with Gasteiger partial charge in [-0.25, -0.2) is 0 Å². The molecule has 24 heavy (non-hydrogen) atoms. The van der Waals surface area contributed by atoms with Crippen LogP contribution in [-0.4, -0.2) is 43.2 Å². The van der Waals surface area contributed by atoms with Gasteiger partial charge in [0.1, 0.15) is 0 Å². The predicted molar refractivity (Wildman–Crippen MR) is 98.7 cm³/mol. The molecule has 2 saturated heterocycles. The number of carbonyl (C=O) groups is 1. The van der Waals surface area contributed by atoms with Crippen molar-refractivity contribution in [3.05, 3.63) is 34.9 Å². The van der Waals surface area contributed by atoms with Gasteiger partial charge in [-0.2, -0.15) is 0 Å². The summed E-state index contributed by atoms with van der Waals surface area (Å²) in [6.45, 7) is 7.45. The van der Waals surface area contributed by atoms with Gasteiger partial charge in [-0.05, 0) is 49.8 Å². The van der Waals surface area contributed by atoms with Crippen molar-refractivity contribution in [2.75, 3.05) is 26.3 Å². The maximum Gasteiger partial charge on any atom is 0.224 e. The smallest absolute Gasteiger partial charge is 0.224 e. The van der Waals surface area contributed by atoms with E-state index < -0.39 is 0 Å². The normalized spacial score (nSPS) is 24.3. The fourth-order valence-corrected chi connectivity index (χ4v) is 3.77. The molecule has 4 nitrogen and oxygen atoms in total. The van der Waals surface area contributed by atoms with Crippen LogP contribution < -0.4 is 5.32 Å². The summed E-state index contributed by atoms with van der Waals surface area (Å²) in [5.41, 5.74) is 3.96. The number of nitrogens with zero attached hydrogens (tertiary/aromatic N) is 1. The lowest BCUT2D eigenvalue weighted by Crippen LogP contribution is -2.46. The SMILES string of the molecule is Cc1cccc(C2CCCCN2C(=O)CC2COCCN2)c1C.Cl. The molecule has 3 rings (SSSR count). The number of halogens is 1. The molecule has 0 spiro atoms. The van der Waals surface area contributed by atoms with Crippen LogP contribution in [0, 0.1) is 13.8 Å². The van der Waals surface area contributed by atoms with Gasteiger partial charge in [0.2, 0.25) is 5.91 Å². The highest BCUT2D eigenvalue weighted by molar-refractivity contribution is 5.85. The van der Waals surface area contributed by atoms with Crippen molar-refractivity contribution in [1.29, 1.82) is 0 Å². The number of rotatable bonds is 3. The Balaban J connectivity index is 0.00000208. The van der Waals surface area contributed by atoms with Gasteiger partial charge in [0.05, 0.1) is 19.3 Å². The summed E-state index contributed by atoms with van der Waals surface area (Å²) in [4.78, 5) is 15.0. The summed E-state index contributed by atoms with van der Waals surface area (Å²) in [6, 6.07) is 6.86. The lowest BCUT2D eigenvalue weighted by atomic mass is 9.90. The lowest BCUT2D eigenvalue weighted by molar-refractivity contribution is -0.136. The molecule has 1 aromatic rings. The standard InChI is InChI=1S/C19H28N2O2.ClH/c1-14-6-5-7-17(15(14)2)18-8-3-4-10-21(18)19(22)12-16-13-23-11-9-20-16;/h5-7,16,18,20H,3-4,8-13H2,1-2H3;1H. The summed E-state index contributed by atoms with van der Waals surface area (Å²) in [5, 5.41) is 3.39. The maximum absolute atomic E-state index is 12.9. The van der Waals surface area contributed by atoms with Crippen molar-refractivity contribution in [2.24, 2.45) is 0 Å². The first-order valence-corrected chi connectivity index (χ1v) is 8.83. The third-order valence-electron chi connectivity index (χ3n) is 5.25. The Hall–Kier alpha value is -1.10. The number of carbonyl (C=O) groups excluding carboxylic acids is 1. The van der Waals surface area contributed by atoms with Crippen molar-refractivity contribution < 1.29 is 9.53 Å². The number of morpholine rings is 1. The Morgan fingerprint density at radius 2 is 2.17 bits per heavy atom.